The highest BCUT2D eigenvalue weighted by Gasteiger charge is 2.30. The Morgan fingerprint density at radius 1 is 1.29 bits per heavy atom. The summed E-state index contributed by atoms with van der Waals surface area (Å²) in [4.78, 5) is 11.3. The van der Waals surface area contributed by atoms with Crippen LogP contribution in [0.4, 0.5) is 13.2 Å². The van der Waals surface area contributed by atoms with Gasteiger partial charge in [-0.2, -0.15) is 13.2 Å². The van der Waals surface area contributed by atoms with Gasteiger partial charge in [0.1, 0.15) is 12.7 Å². The lowest BCUT2D eigenvalue weighted by atomic mass is 10.4. The highest BCUT2D eigenvalue weighted by Crippen LogP contribution is 2.15. The van der Waals surface area contributed by atoms with E-state index in [0.717, 1.165) is 0 Å². The van der Waals surface area contributed by atoms with E-state index < -0.39 is 31.0 Å². The first-order valence-corrected chi connectivity index (χ1v) is 5.22. The number of hydrogen-bond donors (Lipinski definition) is 0. The predicted octanol–water partition coefficient (Wildman–Crippen LogP) is 1.92. The number of alkyl halides is 3. The normalized spacial score (nSPS) is 15.4. The molecular formula is C10H17F3O4. The monoisotopic (exact) mass is 258 g/mol. The second kappa shape index (κ2) is 7.50. The summed E-state index contributed by atoms with van der Waals surface area (Å²) in [6, 6.07) is 0. The predicted molar refractivity (Wildman–Crippen MR) is 53.5 cm³/mol. The quantitative estimate of drug-likeness (QED) is 0.654. The Bertz CT molecular complexity index is 230. The van der Waals surface area contributed by atoms with Crippen LogP contribution < -0.4 is 0 Å². The first-order valence-electron chi connectivity index (χ1n) is 5.22. The van der Waals surface area contributed by atoms with Crippen molar-refractivity contribution in [3.05, 3.63) is 0 Å². The van der Waals surface area contributed by atoms with Crippen molar-refractivity contribution in [2.45, 2.75) is 39.2 Å². The molecular weight excluding hydrogens is 241 g/mol. The van der Waals surface area contributed by atoms with Crippen LogP contribution in [0.2, 0.25) is 0 Å². The molecule has 0 bridgehead atoms. The van der Waals surface area contributed by atoms with Crippen molar-refractivity contribution in [2.24, 2.45) is 0 Å². The molecule has 0 amide bonds. The van der Waals surface area contributed by atoms with E-state index in [2.05, 4.69) is 4.74 Å². The Kier molecular flexibility index (Phi) is 7.13. The maximum atomic E-state index is 11.8. The molecule has 0 N–H and O–H groups in total. The van der Waals surface area contributed by atoms with Crippen LogP contribution in [0.3, 0.4) is 0 Å². The van der Waals surface area contributed by atoms with Crippen molar-refractivity contribution in [1.29, 1.82) is 0 Å². The van der Waals surface area contributed by atoms with E-state index in [9.17, 15) is 18.0 Å². The Labute approximate surface area is 98.0 Å². The molecule has 0 spiro atoms. The van der Waals surface area contributed by atoms with Crippen LogP contribution >= 0.6 is 0 Å². The van der Waals surface area contributed by atoms with E-state index in [0.29, 0.717) is 6.61 Å². The number of rotatable bonds is 7. The van der Waals surface area contributed by atoms with Crippen molar-refractivity contribution in [3.8, 4) is 0 Å². The fourth-order valence-corrected chi connectivity index (χ4v) is 0.899. The largest absolute Gasteiger partial charge is 0.458 e. The van der Waals surface area contributed by atoms with E-state index in [1.807, 2.05) is 0 Å². The van der Waals surface area contributed by atoms with Gasteiger partial charge in [-0.05, 0) is 20.8 Å². The molecule has 2 atom stereocenters. The van der Waals surface area contributed by atoms with Gasteiger partial charge in [0, 0.05) is 6.61 Å². The molecule has 0 saturated heterocycles. The fraction of sp³-hybridized carbons (Fsp3) is 0.900. The van der Waals surface area contributed by atoms with Gasteiger partial charge in [-0.15, -0.1) is 0 Å². The Morgan fingerprint density at radius 3 is 2.35 bits per heavy atom. The number of ether oxygens (including phenoxy) is 3. The van der Waals surface area contributed by atoms with Crippen molar-refractivity contribution >= 4 is 5.97 Å². The third-order valence-corrected chi connectivity index (χ3v) is 1.70. The van der Waals surface area contributed by atoms with Crippen molar-refractivity contribution in [3.63, 3.8) is 0 Å². The summed E-state index contributed by atoms with van der Waals surface area (Å²) < 4.78 is 49.6. The Morgan fingerprint density at radius 2 is 1.88 bits per heavy atom. The highest BCUT2D eigenvalue weighted by molar-refractivity contribution is 5.74. The zero-order valence-electron chi connectivity index (χ0n) is 10.0. The SMILES string of the molecule is CCOCC(C)OC(=O)C(C)OCC(F)(F)F. The molecule has 17 heavy (non-hydrogen) atoms. The number of carbonyl (C=O) groups is 1. The minimum absolute atomic E-state index is 0.203. The zero-order chi connectivity index (χ0) is 13.5. The van der Waals surface area contributed by atoms with Crippen molar-refractivity contribution in [1.82, 2.24) is 0 Å². The first-order chi connectivity index (χ1) is 7.76. The van der Waals surface area contributed by atoms with E-state index in [-0.39, 0.29) is 6.61 Å². The lowest BCUT2D eigenvalue weighted by Crippen LogP contribution is -2.32. The zero-order valence-corrected chi connectivity index (χ0v) is 10.0. The smallest absolute Gasteiger partial charge is 0.411 e. The summed E-state index contributed by atoms with van der Waals surface area (Å²) >= 11 is 0. The van der Waals surface area contributed by atoms with E-state index in [1.54, 1.807) is 13.8 Å². The van der Waals surface area contributed by atoms with Gasteiger partial charge in [0.25, 0.3) is 0 Å². The van der Waals surface area contributed by atoms with Crippen LogP contribution in [-0.4, -0.2) is 44.2 Å². The lowest BCUT2D eigenvalue weighted by molar-refractivity contribution is -0.195. The van der Waals surface area contributed by atoms with Crippen LogP contribution in [0, 0.1) is 0 Å². The molecule has 0 aromatic heterocycles. The molecule has 2 unspecified atom stereocenters. The average Bonchev–Trinajstić information content (AvgIpc) is 2.21. The number of carbonyl (C=O) groups excluding carboxylic acids is 1. The van der Waals surface area contributed by atoms with Crippen LogP contribution in [0.15, 0.2) is 0 Å². The lowest BCUT2D eigenvalue weighted by Gasteiger charge is -2.17. The summed E-state index contributed by atoms with van der Waals surface area (Å²) in [5, 5.41) is 0. The second-order valence-electron chi connectivity index (χ2n) is 3.48. The van der Waals surface area contributed by atoms with E-state index >= 15 is 0 Å². The van der Waals surface area contributed by atoms with Crippen molar-refractivity contribution < 1.29 is 32.2 Å². The summed E-state index contributed by atoms with van der Waals surface area (Å²) in [7, 11) is 0. The summed E-state index contributed by atoms with van der Waals surface area (Å²) in [5.41, 5.74) is 0. The summed E-state index contributed by atoms with van der Waals surface area (Å²) in [5.74, 6) is -0.832. The third-order valence-electron chi connectivity index (χ3n) is 1.70. The second-order valence-corrected chi connectivity index (χ2v) is 3.48. The molecule has 0 aliphatic rings. The molecule has 0 heterocycles. The molecule has 7 heteroatoms. The van der Waals surface area contributed by atoms with Gasteiger partial charge < -0.3 is 14.2 Å². The summed E-state index contributed by atoms with van der Waals surface area (Å²) in [6.07, 6.45) is -6.22. The third kappa shape index (κ3) is 8.93. The Balaban J connectivity index is 3.89. The number of halogens is 3. The minimum Gasteiger partial charge on any atom is -0.458 e. The highest BCUT2D eigenvalue weighted by atomic mass is 19.4. The average molecular weight is 258 g/mol. The standard InChI is InChI=1S/C10H17F3O4/c1-4-15-5-7(2)17-9(14)8(3)16-6-10(11,12)13/h7-8H,4-6H2,1-3H3. The summed E-state index contributed by atoms with van der Waals surface area (Å²) in [6.45, 7) is 3.79. The first kappa shape index (κ1) is 16.2. The Hall–Kier alpha value is -0.820. The molecule has 0 aliphatic heterocycles. The molecule has 0 rings (SSSR count). The molecule has 0 aromatic rings. The topological polar surface area (TPSA) is 44.8 Å². The minimum atomic E-state index is -4.45. The van der Waals surface area contributed by atoms with E-state index in [1.165, 1.54) is 6.92 Å². The maximum absolute atomic E-state index is 11.8. The number of esters is 1. The molecule has 0 aliphatic carbocycles. The van der Waals surface area contributed by atoms with Gasteiger partial charge in [-0.25, -0.2) is 4.79 Å². The maximum Gasteiger partial charge on any atom is 0.411 e. The van der Waals surface area contributed by atoms with Gasteiger partial charge in [0.15, 0.2) is 6.10 Å². The molecule has 0 aromatic carbocycles. The molecule has 0 fully saturated rings. The fourth-order valence-electron chi connectivity index (χ4n) is 0.899. The van der Waals surface area contributed by atoms with Crippen LogP contribution in [0.1, 0.15) is 20.8 Å². The van der Waals surface area contributed by atoms with Gasteiger partial charge in [0.2, 0.25) is 0 Å². The molecule has 102 valence electrons. The van der Waals surface area contributed by atoms with Gasteiger partial charge in [0.05, 0.1) is 6.61 Å². The van der Waals surface area contributed by atoms with Gasteiger partial charge in [-0.1, -0.05) is 0 Å². The van der Waals surface area contributed by atoms with Gasteiger partial charge >= 0.3 is 12.1 Å². The number of hydrogen-bond acceptors (Lipinski definition) is 4. The van der Waals surface area contributed by atoms with Gasteiger partial charge in [-0.3, -0.25) is 0 Å². The van der Waals surface area contributed by atoms with Crippen LogP contribution in [-0.2, 0) is 19.0 Å². The van der Waals surface area contributed by atoms with Crippen LogP contribution in [0.25, 0.3) is 0 Å². The van der Waals surface area contributed by atoms with E-state index in [4.69, 9.17) is 9.47 Å². The molecule has 0 saturated carbocycles. The van der Waals surface area contributed by atoms with Crippen molar-refractivity contribution in [2.75, 3.05) is 19.8 Å². The van der Waals surface area contributed by atoms with Crippen LogP contribution in [0.5, 0.6) is 0 Å². The molecule has 4 nitrogen and oxygen atoms in total. The molecule has 0 radical (unpaired) electrons.